The molecule has 8 heteroatoms. The van der Waals surface area contributed by atoms with E-state index in [0.29, 0.717) is 24.8 Å². The van der Waals surface area contributed by atoms with Crippen LogP contribution in [0.15, 0.2) is 16.7 Å². The fourth-order valence-electron chi connectivity index (χ4n) is 5.59. The van der Waals surface area contributed by atoms with E-state index >= 15 is 0 Å². The van der Waals surface area contributed by atoms with Gasteiger partial charge in [-0.1, -0.05) is 19.0 Å². The Kier molecular flexibility index (Phi) is 6.06. The minimum Gasteiger partial charge on any atom is -0.332 e. The minimum absolute atomic E-state index is 0.0404. The molecule has 188 valence electrons. The third-order valence-electron chi connectivity index (χ3n) is 7.82. The lowest BCUT2D eigenvalue weighted by Gasteiger charge is -2.31. The molecule has 1 aliphatic carbocycles. The van der Waals surface area contributed by atoms with Gasteiger partial charge in [-0.2, -0.15) is 10.1 Å². The molecular formula is C27H35F2N5O. The SMILES string of the molecule is Cc1cc(-c2noc(-c3nn(C)c4c3CCC(C)(C)C4)n2)cc(C)c1CCN1CCC(F)(F)CC1. The zero-order valence-electron chi connectivity index (χ0n) is 21.4. The van der Waals surface area contributed by atoms with Crippen molar-refractivity contribution in [3.8, 4) is 23.0 Å². The number of piperidine rings is 1. The molecule has 1 fully saturated rings. The summed E-state index contributed by atoms with van der Waals surface area (Å²) in [5.41, 5.74) is 8.04. The highest BCUT2D eigenvalue weighted by atomic mass is 19.3. The van der Waals surface area contributed by atoms with Crippen LogP contribution in [-0.4, -0.2) is 50.4 Å². The van der Waals surface area contributed by atoms with Crippen molar-refractivity contribution in [1.82, 2.24) is 24.8 Å². The van der Waals surface area contributed by atoms with Gasteiger partial charge in [-0.05, 0) is 73.8 Å². The fraction of sp³-hybridized carbons (Fsp3) is 0.593. The van der Waals surface area contributed by atoms with Crippen molar-refractivity contribution in [1.29, 1.82) is 0 Å². The van der Waals surface area contributed by atoms with Gasteiger partial charge in [-0.15, -0.1) is 0 Å². The molecule has 0 spiro atoms. The summed E-state index contributed by atoms with van der Waals surface area (Å²) in [6.07, 6.45) is 3.83. The summed E-state index contributed by atoms with van der Waals surface area (Å²) in [5.74, 6) is -1.47. The second kappa shape index (κ2) is 8.80. The number of aryl methyl sites for hydroxylation is 3. The van der Waals surface area contributed by atoms with Crippen LogP contribution < -0.4 is 0 Å². The molecule has 2 aromatic heterocycles. The van der Waals surface area contributed by atoms with Crippen LogP contribution in [0.4, 0.5) is 8.78 Å². The molecule has 6 nitrogen and oxygen atoms in total. The van der Waals surface area contributed by atoms with Gasteiger partial charge in [0.05, 0.1) is 0 Å². The number of nitrogens with zero attached hydrogens (tertiary/aromatic N) is 5. The van der Waals surface area contributed by atoms with Crippen LogP contribution in [0.3, 0.4) is 0 Å². The van der Waals surface area contributed by atoms with Crippen molar-refractivity contribution in [3.63, 3.8) is 0 Å². The summed E-state index contributed by atoms with van der Waals surface area (Å²) < 4.78 is 34.5. The summed E-state index contributed by atoms with van der Waals surface area (Å²) in [4.78, 5) is 6.86. The van der Waals surface area contributed by atoms with E-state index in [1.54, 1.807) is 0 Å². The number of alkyl halides is 2. The topological polar surface area (TPSA) is 60.0 Å². The van der Waals surface area contributed by atoms with Gasteiger partial charge in [-0.3, -0.25) is 4.68 Å². The molecule has 0 bridgehead atoms. The third-order valence-corrected chi connectivity index (χ3v) is 7.82. The Bertz CT molecular complexity index is 1210. The summed E-state index contributed by atoms with van der Waals surface area (Å²) in [6.45, 7) is 10.5. The zero-order valence-corrected chi connectivity index (χ0v) is 21.4. The molecular weight excluding hydrogens is 448 g/mol. The molecule has 3 heterocycles. The monoisotopic (exact) mass is 483 g/mol. The summed E-state index contributed by atoms with van der Waals surface area (Å²) in [5, 5.41) is 9.01. The predicted molar refractivity (Wildman–Crippen MR) is 132 cm³/mol. The quantitative estimate of drug-likeness (QED) is 0.477. The first-order valence-corrected chi connectivity index (χ1v) is 12.6. The van der Waals surface area contributed by atoms with E-state index in [-0.39, 0.29) is 18.3 Å². The normalized spacial score (nSPS) is 19.6. The van der Waals surface area contributed by atoms with Crippen molar-refractivity contribution in [2.45, 2.75) is 72.1 Å². The van der Waals surface area contributed by atoms with Crippen LogP contribution in [0.25, 0.3) is 23.0 Å². The molecule has 0 radical (unpaired) electrons. The van der Waals surface area contributed by atoms with Crippen LogP contribution in [0.5, 0.6) is 0 Å². The number of hydrogen-bond donors (Lipinski definition) is 0. The molecule has 1 saturated heterocycles. The molecule has 2 aliphatic rings. The summed E-state index contributed by atoms with van der Waals surface area (Å²) in [6, 6.07) is 4.19. The Hall–Kier alpha value is -2.61. The smallest absolute Gasteiger partial charge is 0.279 e. The van der Waals surface area contributed by atoms with Gasteiger partial charge in [0.2, 0.25) is 5.82 Å². The van der Waals surface area contributed by atoms with E-state index < -0.39 is 5.92 Å². The first kappa shape index (κ1) is 24.1. The number of likely N-dealkylation sites (tertiary alicyclic amines) is 1. The average Bonchev–Trinajstić information content (AvgIpc) is 3.38. The van der Waals surface area contributed by atoms with E-state index in [0.717, 1.165) is 54.6 Å². The molecule has 0 atom stereocenters. The van der Waals surface area contributed by atoms with Crippen LogP contribution in [0, 0.1) is 19.3 Å². The number of aromatic nitrogens is 4. The van der Waals surface area contributed by atoms with Crippen LogP contribution >= 0.6 is 0 Å². The first-order chi connectivity index (χ1) is 16.5. The largest absolute Gasteiger partial charge is 0.332 e. The van der Waals surface area contributed by atoms with Crippen molar-refractivity contribution in [2.75, 3.05) is 19.6 Å². The lowest BCUT2D eigenvalue weighted by atomic mass is 9.76. The van der Waals surface area contributed by atoms with Crippen LogP contribution in [-0.2, 0) is 26.3 Å². The van der Waals surface area contributed by atoms with Gasteiger partial charge >= 0.3 is 0 Å². The minimum atomic E-state index is -2.50. The van der Waals surface area contributed by atoms with Gasteiger partial charge < -0.3 is 9.42 Å². The van der Waals surface area contributed by atoms with Gasteiger partial charge in [0, 0.05) is 56.3 Å². The average molecular weight is 484 g/mol. The standard InChI is InChI=1S/C27H35F2N5O/c1-17-14-19(15-18(2)20(17)7-11-34-12-9-27(28,29)10-13-34)24-30-25(35-32-24)23-21-6-8-26(3,4)16-22(21)33(5)31-23/h14-15H,6-13,16H2,1-5H3. The van der Waals surface area contributed by atoms with Crippen LogP contribution in [0.1, 0.15) is 61.1 Å². The summed E-state index contributed by atoms with van der Waals surface area (Å²) >= 11 is 0. The molecule has 0 amide bonds. The molecule has 0 N–H and O–H groups in total. The number of fused-ring (bicyclic) bond motifs is 1. The molecule has 3 aromatic rings. The second-order valence-corrected chi connectivity index (χ2v) is 11.2. The maximum Gasteiger partial charge on any atom is 0.279 e. The number of halogens is 2. The summed E-state index contributed by atoms with van der Waals surface area (Å²) in [7, 11) is 1.99. The Morgan fingerprint density at radius 2 is 1.74 bits per heavy atom. The second-order valence-electron chi connectivity index (χ2n) is 11.2. The highest BCUT2D eigenvalue weighted by molar-refractivity contribution is 5.63. The van der Waals surface area contributed by atoms with E-state index in [2.05, 4.69) is 49.9 Å². The molecule has 1 aromatic carbocycles. The zero-order chi connectivity index (χ0) is 25.0. The molecule has 0 unspecified atom stereocenters. The lowest BCUT2D eigenvalue weighted by Crippen LogP contribution is -2.40. The molecule has 35 heavy (non-hydrogen) atoms. The fourth-order valence-corrected chi connectivity index (χ4v) is 5.59. The maximum absolute atomic E-state index is 13.4. The molecule has 5 rings (SSSR count). The van der Waals surface area contributed by atoms with Gasteiger partial charge in [0.1, 0.15) is 0 Å². The first-order valence-electron chi connectivity index (χ1n) is 12.6. The van der Waals surface area contributed by atoms with Gasteiger partial charge in [0.25, 0.3) is 11.8 Å². The molecule has 0 saturated carbocycles. The van der Waals surface area contributed by atoms with Crippen molar-refractivity contribution in [2.24, 2.45) is 12.5 Å². The van der Waals surface area contributed by atoms with Crippen molar-refractivity contribution in [3.05, 3.63) is 40.1 Å². The highest BCUT2D eigenvalue weighted by Crippen LogP contribution is 2.38. The van der Waals surface area contributed by atoms with E-state index in [1.165, 1.54) is 16.8 Å². The lowest BCUT2D eigenvalue weighted by molar-refractivity contribution is -0.0548. The van der Waals surface area contributed by atoms with Gasteiger partial charge in [-0.25, -0.2) is 8.78 Å². The van der Waals surface area contributed by atoms with E-state index in [9.17, 15) is 8.78 Å². The molecule has 1 aliphatic heterocycles. The van der Waals surface area contributed by atoms with E-state index in [1.807, 2.05) is 11.7 Å². The van der Waals surface area contributed by atoms with Gasteiger partial charge in [0.15, 0.2) is 5.69 Å². The van der Waals surface area contributed by atoms with Crippen molar-refractivity contribution < 1.29 is 13.3 Å². The van der Waals surface area contributed by atoms with Crippen molar-refractivity contribution >= 4 is 0 Å². The Labute approximate surface area is 205 Å². The Balaban J connectivity index is 1.33. The predicted octanol–water partition coefficient (Wildman–Crippen LogP) is 5.54. The van der Waals surface area contributed by atoms with Crippen LogP contribution in [0.2, 0.25) is 0 Å². The number of benzene rings is 1. The Morgan fingerprint density at radius 1 is 1.06 bits per heavy atom. The maximum atomic E-state index is 13.4. The Morgan fingerprint density at radius 3 is 2.43 bits per heavy atom. The third kappa shape index (κ3) is 4.90. The highest BCUT2D eigenvalue weighted by Gasteiger charge is 2.34. The number of hydrogen-bond acceptors (Lipinski definition) is 5. The number of rotatable bonds is 5. The van der Waals surface area contributed by atoms with E-state index in [4.69, 9.17) is 14.6 Å².